The van der Waals surface area contributed by atoms with E-state index < -0.39 is 0 Å². The summed E-state index contributed by atoms with van der Waals surface area (Å²) in [6, 6.07) is 10.3. The Bertz CT molecular complexity index is 507. The lowest BCUT2D eigenvalue weighted by atomic mass is 10.1. The molecule has 2 unspecified atom stereocenters. The van der Waals surface area contributed by atoms with E-state index >= 15 is 0 Å². The molecule has 5 nitrogen and oxygen atoms in total. The van der Waals surface area contributed by atoms with Crippen LogP contribution in [0.3, 0.4) is 0 Å². The van der Waals surface area contributed by atoms with Gasteiger partial charge in [0.1, 0.15) is 0 Å². The van der Waals surface area contributed by atoms with E-state index in [1.165, 1.54) is 5.56 Å². The van der Waals surface area contributed by atoms with Gasteiger partial charge in [0.2, 0.25) is 0 Å². The average Bonchev–Trinajstić information content (AvgIpc) is 3.12. The summed E-state index contributed by atoms with van der Waals surface area (Å²) in [7, 11) is 2.11. The zero-order chi connectivity index (χ0) is 17.9. The first kappa shape index (κ1) is 23.2. The van der Waals surface area contributed by atoms with E-state index in [9.17, 15) is 0 Å². The molecule has 1 heterocycles. The van der Waals surface area contributed by atoms with Crippen LogP contribution < -0.4 is 5.32 Å². The minimum absolute atomic E-state index is 0. The topological polar surface area (TPSA) is 46.1 Å². The Balaban J connectivity index is 0.00000338. The largest absolute Gasteiger partial charge is 0.381 e. The quantitative estimate of drug-likeness (QED) is 0.338. The van der Waals surface area contributed by atoms with Gasteiger partial charge >= 0.3 is 0 Å². The summed E-state index contributed by atoms with van der Waals surface area (Å²) in [6.07, 6.45) is 1.15. The normalized spacial score (nSPS) is 18.3. The maximum absolute atomic E-state index is 5.82. The van der Waals surface area contributed by atoms with Crippen LogP contribution in [-0.2, 0) is 16.1 Å². The van der Waals surface area contributed by atoms with Gasteiger partial charge in [-0.1, -0.05) is 37.3 Å². The van der Waals surface area contributed by atoms with Crippen LogP contribution in [0.2, 0.25) is 0 Å². The molecule has 1 aromatic rings. The highest BCUT2D eigenvalue weighted by molar-refractivity contribution is 14.0. The zero-order valence-corrected chi connectivity index (χ0v) is 18.6. The van der Waals surface area contributed by atoms with E-state index in [1.807, 2.05) is 18.2 Å². The maximum Gasteiger partial charge on any atom is 0.193 e. The highest BCUT2D eigenvalue weighted by Crippen LogP contribution is 2.13. The summed E-state index contributed by atoms with van der Waals surface area (Å²) in [5, 5.41) is 3.39. The van der Waals surface area contributed by atoms with Crippen molar-refractivity contribution in [3.05, 3.63) is 35.9 Å². The maximum atomic E-state index is 5.82. The summed E-state index contributed by atoms with van der Waals surface area (Å²) in [6.45, 7) is 10.1. The van der Waals surface area contributed by atoms with E-state index in [2.05, 4.69) is 43.2 Å². The molecule has 1 fully saturated rings. The third-order valence-electron chi connectivity index (χ3n) is 4.32. The van der Waals surface area contributed by atoms with Crippen molar-refractivity contribution < 1.29 is 9.47 Å². The molecular weight excluding hydrogens is 441 g/mol. The highest BCUT2D eigenvalue weighted by atomic mass is 127. The van der Waals surface area contributed by atoms with Gasteiger partial charge in [0.15, 0.2) is 5.96 Å². The smallest absolute Gasteiger partial charge is 0.193 e. The van der Waals surface area contributed by atoms with Gasteiger partial charge in [0.05, 0.1) is 19.8 Å². The van der Waals surface area contributed by atoms with Crippen molar-refractivity contribution in [2.24, 2.45) is 16.8 Å². The molecule has 2 rings (SSSR count). The van der Waals surface area contributed by atoms with E-state index in [4.69, 9.17) is 14.5 Å². The molecule has 0 saturated carbocycles. The van der Waals surface area contributed by atoms with Gasteiger partial charge in [-0.2, -0.15) is 0 Å². The van der Waals surface area contributed by atoms with E-state index in [1.54, 1.807) is 0 Å². The van der Waals surface area contributed by atoms with Crippen LogP contribution in [0.1, 0.15) is 25.8 Å². The first-order valence-corrected chi connectivity index (χ1v) is 9.38. The SMILES string of the molecule is CCNC(=NCC(C)COCc1ccccc1)N(C)CC1CCOC1.I. The van der Waals surface area contributed by atoms with Gasteiger partial charge in [-0.3, -0.25) is 4.99 Å². The molecule has 0 aromatic heterocycles. The first-order chi connectivity index (χ1) is 12.2. The van der Waals surface area contributed by atoms with Crippen molar-refractivity contribution in [3.63, 3.8) is 0 Å². The molecule has 6 heteroatoms. The third kappa shape index (κ3) is 8.68. The Kier molecular flexibility index (Phi) is 11.9. The van der Waals surface area contributed by atoms with Crippen LogP contribution in [-0.4, -0.2) is 57.4 Å². The number of hydrogen-bond donors (Lipinski definition) is 1. The number of halogens is 1. The lowest BCUT2D eigenvalue weighted by Gasteiger charge is -2.25. The van der Waals surface area contributed by atoms with Crippen molar-refractivity contribution in [3.8, 4) is 0 Å². The van der Waals surface area contributed by atoms with Crippen molar-refractivity contribution in [2.75, 3.05) is 46.5 Å². The Morgan fingerprint density at radius 2 is 2.15 bits per heavy atom. The summed E-state index contributed by atoms with van der Waals surface area (Å²) >= 11 is 0. The number of nitrogens with zero attached hydrogens (tertiary/aromatic N) is 2. The van der Waals surface area contributed by atoms with Gasteiger partial charge in [0, 0.05) is 39.2 Å². The molecule has 1 aromatic carbocycles. The van der Waals surface area contributed by atoms with Gasteiger partial charge in [-0.15, -0.1) is 24.0 Å². The molecule has 0 amide bonds. The number of aliphatic imine (C=N–C) groups is 1. The first-order valence-electron chi connectivity index (χ1n) is 9.38. The minimum atomic E-state index is 0. The van der Waals surface area contributed by atoms with Crippen molar-refractivity contribution in [1.82, 2.24) is 10.2 Å². The van der Waals surface area contributed by atoms with Crippen LogP contribution in [0.4, 0.5) is 0 Å². The fourth-order valence-electron chi connectivity index (χ4n) is 2.92. The number of benzene rings is 1. The van der Waals surface area contributed by atoms with Crippen molar-refractivity contribution in [2.45, 2.75) is 26.9 Å². The zero-order valence-electron chi connectivity index (χ0n) is 16.3. The number of hydrogen-bond acceptors (Lipinski definition) is 3. The van der Waals surface area contributed by atoms with E-state index in [0.29, 0.717) is 18.4 Å². The van der Waals surface area contributed by atoms with Crippen molar-refractivity contribution >= 4 is 29.9 Å². The van der Waals surface area contributed by atoms with Gasteiger partial charge < -0.3 is 19.7 Å². The third-order valence-corrected chi connectivity index (χ3v) is 4.32. The van der Waals surface area contributed by atoms with Crippen LogP contribution in [0.25, 0.3) is 0 Å². The molecule has 26 heavy (non-hydrogen) atoms. The lowest BCUT2D eigenvalue weighted by Crippen LogP contribution is -2.41. The van der Waals surface area contributed by atoms with Gasteiger partial charge in [-0.25, -0.2) is 0 Å². The number of guanidine groups is 1. The summed E-state index contributed by atoms with van der Waals surface area (Å²) in [4.78, 5) is 7.01. The van der Waals surface area contributed by atoms with Crippen LogP contribution in [0.15, 0.2) is 35.3 Å². The molecule has 0 spiro atoms. The Morgan fingerprint density at radius 1 is 1.38 bits per heavy atom. The van der Waals surface area contributed by atoms with Crippen LogP contribution in [0, 0.1) is 11.8 Å². The monoisotopic (exact) mass is 475 g/mol. The number of nitrogens with one attached hydrogen (secondary N) is 1. The second kappa shape index (κ2) is 13.3. The fraction of sp³-hybridized carbons (Fsp3) is 0.650. The van der Waals surface area contributed by atoms with Crippen LogP contribution >= 0.6 is 24.0 Å². The fourth-order valence-corrected chi connectivity index (χ4v) is 2.92. The van der Waals surface area contributed by atoms with Gasteiger partial charge in [0.25, 0.3) is 0 Å². The second-order valence-electron chi connectivity index (χ2n) is 6.91. The highest BCUT2D eigenvalue weighted by Gasteiger charge is 2.19. The molecule has 0 bridgehead atoms. The molecule has 0 radical (unpaired) electrons. The van der Waals surface area contributed by atoms with E-state index in [0.717, 1.165) is 51.8 Å². The Morgan fingerprint density at radius 3 is 2.81 bits per heavy atom. The van der Waals surface area contributed by atoms with E-state index in [-0.39, 0.29) is 24.0 Å². The second-order valence-corrected chi connectivity index (χ2v) is 6.91. The predicted molar refractivity (Wildman–Crippen MR) is 118 cm³/mol. The summed E-state index contributed by atoms with van der Waals surface area (Å²) < 4.78 is 11.3. The molecule has 1 N–H and O–H groups in total. The summed E-state index contributed by atoms with van der Waals surface area (Å²) in [5.74, 6) is 1.98. The molecule has 2 atom stereocenters. The standard InChI is InChI=1S/C20H33N3O2.HI/c1-4-21-20(23(3)13-19-10-11-24-16-19)22-12-17(2)14-25-15-18-8-6-5-7-9-18;/h5-9,17,19H,4,10-16H2,1-3H3,(H,21,22);1H. The molecule has 1 aliphatic rings. The minimum Gasteiger partial charge on any atom is -0.381 e. The van der Waals surface area contributed by atoms with Gasteiger partial charge in [-0.05, 0) is 24.8 Å². The summed E-state index contributed by atoms with van der Waals surface area (Å²) in [5.41, 5.74) is 1.21. The molecule has 0 aliphatic carbocycles. The predicted octanol–water partition coefficient (Wildman–Crippen LogP) is 3.39. The van der Waals surface area contributed by atoms with Crippen LogP contribution in [0.5, 0.6) is 0 Å². The Labute approximate surface area is 175 Å². The average molecular weight is 475 g/mol. The lowest BCUT2D eigenvalue weighted by molar-refractivity contribution is 0.0944. The molecule has 1 saturated heterocycles. The number of rotatable bonds is 9. The molecular formula is C20H34IN3O2. The van der Waals surface area contributed by atoms with Crippen molar-refractivity contribution in [1.29, 1.82) is 0 Å². The number of ether oxygens (including phenoxy) is 2. The Hall–Kier alpha value is -0.860. The molecule has 148 valence electrons. The molecule has 1 aliphatic heterocycles.